The predicted octanol–water partition coefficient (Wildman–Crippen LogP) is 5.06. The largest absolute Gasteiger partial charge is 0.336 e. The Labute approximate surface area is 157 Å². The second-order valence-corrected chi connectivity index (χ2v) is 6.53. The Morgan fingerprint density at radius 1 is 0.963 bits per heavy atom. The van der Waals surface area contributed by atoms with Gasteiger partial charge in [0.15, 0.2) is 5.84 Å². The Hall–Kier alpha value is -3.47. The molecule has 0 radical (unpaired) electrons. The van der Waals surface area contributed by atoms with E-state index in [1.54, 1.807) is 7.05 Å². The fourth-order valence-corrected chi connectivity index (χ4v) is 3.58. The molecular formula is C22H21N5. The summed E-state index contributed by atoms with van der Waals surface area (Å²) in [5, 5.41) is 9.98. The van der Waals surface area contributed by atoms with E-state index < -0.39 is 0 Å². The van der Waals surface area contributed by atoms with Crippen molar-refractivity contribution in [2.45, 2.75) is 13.5 Å². The molecular weight excluding hydrogens is 334 g/mol. The molecule has 27 heavy (non-hydrogen) atoms. The van der Waals surface area contributed by atoms with Gasteiger partial charge in [-0.3, -0.25) is 0 Å². The van der Waals surface area contributed by atoms with E-state index in [9.17, 15) is 0 Å². The minimum absolute atomic E-state index is 0.370. The summed E-state index contributed by atoms with van der Waals surface area (Å²) in [5.74, 6) is 0.370. The normalized spacial score (nSPS) is 11.9. The number of hydrazone groups is 1. The Bertz CT molecular complexity index is 1170. The highest BCUT2D eigenvalue weighted by Crippen LogP contribution is 2.31. The van der Waals surface area contributed by atoms with Crippen molar-refractivity contribution >= 4 is 27.6 Å². The lowest BCUT2D eigenvalue weighted by Gasteiger charge is -2.10. The zero-order chi connectivity index (χ0) is 18.8. The molecule has 0 unspecified atom stereocenters. The van der Waals surface area contributed by atoms with E-state index in [0.29, 0.717) is 5.84 Å². The van der Waals surface area contributed by atoms with E-state index in [1.807, 2.05) is 6.07 Å². The Balaban J connectivity index is 1.95. The van der Waals surface area contributed by atoms with Crippen LogP contribution in [-0.2, 0) is 6.54 Å². The maximum absolute atomic E-state index is 7.40. The van der Waals surface area contributed by atoms with Gasteiger partial charge in [-0.25, -0.2) is 5.53 Å². The van der Waals surface area contributed by atoms with Crippen LogP contribution in [0.15, 0.2) is 76.9 Å². The van der Waals surface area contributed by atoms with E-state index in [4.69, 9.17) is 5.53 Å². The van der Waals surface area contributed by atoms with Crippen molar-refractivity contribution in [1.82, 2.24) is 9.99 Å². The number of nitrogens with zero attached hydrogens (tertiary/aromatic N) is 3. The van der Waals surface area contributed by atoms with Gasteiger partial charge in [0.1, 0.15) is 0 Å². The molecule has 0 aliphatic heterocycles. The summed E-state index contributed by atoms with van der Waals surface area (Å²) in [5.41, 5.74) is 15.9. The first-order valence-corrected chi connectivity index (χ1v) is 8.90. The maximum atomic E-state index is 7.40. The summed E-state index contributed by atoms with van der Waals surface area (Å²) in [6.45, 7) is 2.97. The van der Waals surface area contributed by atoms with Gasteiger partial charge in [0.05, 0.1) is 0 Å². The van der Waals surface area contributed by atoms with Crippen molar-refractivity contribution in [3.8, 4) is 0 Å². The number of hydrogen-bond donors (Lipinski definition) is 2. The summed E-state index contributed by atoms with van der Waals surface area (Å²) in [6, 6.07) is 23.1. The number of hydrogen-bond acceptors (Lipinski definition) is 3. The fraction of sp³-hybridized carbons (Fsp3) is 0.136. The van der Waals surface area contributed by atoms with Crippen molar-refractivity contribution < 1.29 is 0 Å². The molecule has 1 aromatic heterocycles. The first-order chi connectivity index (χ1) is 13.2. The molecule has 134 valence electrons. The van der Waals surface area contributed by atoms with Crippen LogP contribution in [0.3, 0.4) is 0 Å². The summed E-state index contributed by atoms with van der Waals surface area (Å²) in [6.07, 6.45) is 0. The van der Waals surface area contributed by atoms with Crippen LogP contribution in [0.2, 0.25) is 0 Å². The van der Waals surface area contributed by atoms with Crippen LogP contribution in [0.25, 0.3) is 21.8 Å². The SMILES string of the molecule is CN/N=C(\N=N)c1ccc2c(c1)c1ccccc1n2Cc1ccccc1C. The second kappa shape index (κ2) is 7.03. The lowest BCUT2D eigenvalue weighted by atomic mass is 10.1. The van der Waals surface area contributed by atoms with Crippen LogP contribution < -0.4 is 5.43 Å². The molecule has 0 aliphatic rings. The molecule has 0 aliphatic carbocycles. The second-order valence-electron chi connectivity index (χ2n) is 6.53. The molecule has 0 bridgehead atoms. The molecule has 0 atom stereocenters. The van der Waals surface area contributed by atoms with E-state index in [1.165, 1.54) is 22.0 Å². The summed E-state index contributed by atoms with van der Waals surface area (Å²) in [7, 11) is 1.71. The van der Waals surface area contributed by atoms with E-state index in [2.05, 4.69) is 87.8 Å². The van der Waals surface area contributed by atoms with Gasteiger partial charge in [0, 0.05) is 41.0 Å². The zero-order valence-corrected chi connectivity index (χ0v) is 15.4. The number of fused-ring (bicyclic) bond motifs is 3. The smallest absolute Gasteiger partial charge is 0.200 e. The average Bonchev–Trinajstić information content (AvgIpc) is 3.01. The number of nitrogens with one attached hydrogen (secondary N) is 2. The molecule has 0 saturated carbocycles. The quantitative estimate of drug-likeness (QED) is 0.228. The lowest BCUT2D eigenvalue weighted by Crippen LogP contribution is -2.04. The first-order valence-electron chi connectivity index (χ1n) is 8.90. The van der Waals surface area contributed by atoms with E-state index >= 15 is 0 Å². The summed E-state index contributed by atoms with van der Waals surface area (Å²) in [4.78, 5) is 0. The lowest BCUT2D eigenvalue weighted by molar-refractivity contribution is 0.861. The van der Waals surface area contributed by atoms with Gasteiger partial charge in [-0.2, -0.15) is 5.10 Å². The highest BCUT2D eigenvalue weighted by Gasteiger charge is 2.13. The monoisotopic (exact) mass is 355 g/mol. The van der Waals surface area contributed by atoms with Crippen LogP contribution in [0.1, 0.15) is 16.7 Å². The van der Waals surface area contributed by atoms with Crippen LogP contribution in [0.4, 0.5) is 0 Å². The van der Waals surface area contributed by atoms with Gasteiger partial charge in [-0.05, 0) is 42.3 Å². The first kappa shape index (κ1) is 17.0. The highest BCUT2D eigenvalue weighted by atomic mass is 15.3. The standard InChI is InChI=1S/C22H21N5/c1-15-7-3-4-8-17(15)14-27-20-10-6-5-9-18(20)19-13-16(11-12-21(19)27)22(25-23)26-24-2/h3-13,23-24H,14H2,1-2H3/b25-23?,26-22-. The van der Waals surface area contributed by atoms with Gasteiger partial charge in [0.2, 0.25) is 0 Å². The van der Waals surface area contributed by atoms with Gasteiger partial charge < -0.3 is 9.99 Å². The van der Waals surface area contributed by atoms with Crippen molar-refractivity contribution in [2.24, 2.45) is 10.2 Å². The van der Waals surface area contributed by atoms with Gasteiger partial charge in [-0.1, -0.05) is 42.5 Å². The molecule has 0 amide bonds. The Morgan fingerprint density at radius 2 is 1.70 bits per heavy atom. The third-order valence-electron chi connectivity index (χ3n) is 4.94. The average molecular weight is 355 g/mol. The number of para-hydroxylation sites is 1. The van der Waals surface area contributed by atoms with Crippen LogP contribution in [0.5, 0.6) is 0 Å². The third kappa shape index (κ3) is 2.97. The summed E-state index contributed by atoms with van der Waals surface area (Å²) >= 11 is 0. The Kier molecular flexibility index (Phi) is 4.42. The third-order valence-corrected chi connectivity index (χ3v) is 4.94. The molecule has 4 aromatic rings. The zero-order valence-electron chi connectivity index (χ0n) is 15.4. The molecule has 4 rings (SSSR count). The van der Waals surface area contributed by atoms with Crippen molar-refractivity contribution in [3.63, 3.8) is 0 Å². The fourth-order valence-electron chi connectivity index (χ4n) is 3.58. The number of aryl methyl sites for hydroxylation is 1. The maximum Gasteiger partial charge on any atom is 0.200 e. The molecule has 0 saturated heterocycles. The van der Waals surface area contributed by atoms with Crippen molar-refractivity contribution in [1.29, 1.82) is 5.53 Å². The number of benzene rings is 3. The Morgan fingerprint density at radius 3 is 2.48 bits per heavy atom. The van der Waals surface area contributed by atoms with Crippen molar-refractivity contribution in [3.05, 3.63) is 83.4 Å². The van der Waals surface area contributed by atoms with Gasteiger partial charge in [0.25, 0.3) is 0 Å². The minimum Gasteiger partial charge on any atom is -0.336 e. The van der Waals surface area contributed by atoms with E-state index in [0.717, 1.165) is 23.0 Å². The highest BCUT2D eigenvalue weighted by molar-refractivity contribution is 6.11. The number of rotatable bonds is 4. The number of amidine groups is 1. The molecule has 0 spiro atoms. The minimum atomic E-state index is 0.370. The topological polar surface area (TPSA) is 65.5 Å². The number of aromatic nitrogens is 1. The molecule has 1 heterocycles. The van der Waals surface area contributed by atoms with Crippen LogP contribution >= 0.6 is 0 Å². The van der Waals surface area contributed by atoms with Crippen LogP contribution in [-0.4, -0.2) is 17.5 Å². The van der Waals surface area contributed by atoms with Crippen LogP contribution in [0, 0.1) is 12.5 Å². The molecule has 3 aromatic carbocycles. The van der Waals surface area contributed by atoms with Crippen molar-refractivity contribution in [2.75, 3.05) is 7.05 Å². The summed E-state index contributed by atoms with van der Waals surface area (Å²) < 4.78 is 2.35. The van der Waals surface area contributed by atoms with Gasteiger partial charge >= 0.3 is 0 Å². The molecule has 5 heteroatoms. The molecule has 5 nitrogen and oxygen atoms in total. The predicted molar refractivity (Wildman–Crippen MR) is 110 cm³/mol. The molecule has 0 fully saturated rings. The van der Waals surface area contributed by atoms with E-state index in [-0.39, 0.29) is 0 Å². The molecule has 2 N–H and O–H groups in total. The van der Waals surface area contributed by atoms with Gasteiger partial charge in [-0.15, -0.1) is 5.11 Å².